The van der Waals surface area contributed by atoms with Gasteiger partial charge in [0.1, 0.15) is 5.69 Å². The zero-order valence-electron chi connectivity index (χ0n) is 13.7. The summed E-state index contributed by atoms with van der Waals surface area (Å²) in [6.07, 6.45) is 2.57. The highest BCUT2D eigenvalue weighted by atomic mass is 35.5. The molecule has 0 aliphatic carbocycles. The van der Waals surface area contributed by atoms with Gasteiger partial charge in [0.05, 0.1) is 0 Å². The minimum Gasteiger partial charge on any atom is -0.355 e. The smallest absolute Gasteiger partial charge is 0.269 e. The van der Waals surface area contributed by atoms with Crippen molar-refractivity contribution in [3.05, 3.63) is 52.8 Å². The van der Waals surface area contributed by atoms with E-state index < -0.39 is 0 Å². The van der Waals surface area contributed by atoms with Crippen molar-refractivity contribution in [1.29, 1.82) is 0 Å². The van der Waals surface area contributed by atoms with Gasteiger partial charge in [-0.05, 0) is 49.1 Å². The van der Waals surface area contributed by atoms with Crippen LogP contribution in [0, 0.1) is 12.8 Å². The summed E-state index contributed by atoms with van der Waals surface area (Å²) in [6.45, 7) is 6.91. The van der Waals surface area contributed by atoms with Gasteiger partial charge in [-0.3, -0.25) is 9.78 Å². The molecule has 1 heterocycles. The molecule has 0 unspecified atom stereocenters. The number of pyridine rings is 1. The van der Waals surface area contributed by atoms with Crippen LogP contribution in [0.1, 0.15) is 36.3 Å². The Morgan fingerprint density at radius 2 is 2.04 bits per heavy atom. The maximum absolute atomic E-state index is 12.1. The van der Waals surface area contributed by atoms with Gasteiger partial charge in [0.25, 0.3) is 5.91 Å². The SMILES string of the molecule is Cc1ccc(Cl)cc1Nc1ccnc(C(=O)NCCC(C)C)c1. The van der Waals surface area contributed by atoms with Crippen molar-refractivity contribution < 1.29 is 4.79 Å². The Kier molecular flexibility index (Phi) is 5.99. The second kappa shape index (κ2) is 7.97. The molecule has 0 fully saturated rings. The van der Waals surface area contributed by atoms with E-state index in [1.807, 2.05) is 31.2 Å². The van der Waals surface area contributed by atoms with Gasteiger partial charge in [0.15, 0.2) is 0 Å². The number of carbonyl (C=O) groups is 1. The molecule has 1 aromatic carbocycles. The Morgan fingerprint density at radius 1 is 1.26 bits per heavy atom. The number of hydrogen-bond donors (Lipinski definition) is 2. The van der Waals surface area contributed by atoms with E-state index in [9.17, 15) is 4.79 Å². The lowest BCUT2D eigenvalue weighted by molar-refractivity contribution is 0.0947. The van der Waals surface area contributed by atoms with E-state index >= 15 is 0 Å². The first-order chi connectivity index (χ1) is 11.0. The van der Waals surface area contributed by atoms with Crippen LogP contribution in [-0.4, -0.2) is 17.4 Å². The second-order valence-electron chi connectivity index (χ2n) is 5.95. The number of nitrogens with one attached hydrogen (secondary N) is 2. The normalized spacial score (nSPS) is 10.7. The van der Waals surface area contributed by atoms with E-state index in [-0.39, 0.29) is 5.91 Å². The third-order valence-corrected chi connectivity index (χ3v) is 3.71. The summed E-state index contributed by atoms with van der Waals surface area (Å²) >= 11 is 6.03. The van der Waals surface area contributed by atoms with Gasteiger partial charge in [-0.1, -0.05) is 31.5 Å². The zero-order chi connectivity index (χ0) is 16.8. The largest absolute Gasteiger partial charge is 0.355 e. The molecular formula is C18H22ClN3O. The third-order valence-electron chi connectivity index (χ3n) is 3.48. The van der Waals surface area contributed by atoms with E-state index in [1.165, 1.54) is 0 Å². The van der Waals surface area contributed by atoms with E-state index in [0.29, 0.717) is 23.2 Å². The summed E-state index contributed by atoms with van der Waals surface area (Å²) in [7, 11) is 0. The molecule has 0 saturated carbocycles. The predicted molar refractivity (Wildman–Crippen MR) is 95.5 cm³/mol. The lowest BCUT2D eigenvalue weighted by Crippen LogP contribution is -2.26. The van der Waals surface area contributed by atoms with Crippen molar-refractivity contribution in [2.24, 2.45) is 5.92 Å². The Balaban J connectivity index is 2.07. The fourth-order valence-electron chi connectivity index (χ4n) is 2.08. The van der Waals surface area contributed by atoms with Crippen molar-refractivity contribution in [2.75, 3.05) is 11.9 Å². The van der Waals surface area contributed by atoms with Crippen LogP contribution >= 0.6 is 11.6 Å². The summed E-state index contributed by atoms with van der Waals surface area (Å²) in [5.41, 5.74) is 3.20. The molecule has 0 bridgehead atoms. The molecule has 122 valence electrons. The van der Waals surface area contributed by atoms with Crippen LogP contribution in [0.5, 0.6) is 0 Å². The van der Waals surface area contributed by atoms with Crippen molar-refractivity contribution in [3.63, 3.8) is 0 Å². The second-order valence-corrected chi connectivity index (χ2v) is 6.39. The minimum absolute atomic E-state index is 0.155. The summed E-state index contributed by atoms with van der Waals surface area (Å²) in [4.78, 5) is 16.3. The molecule has 0 radical (unpaired) electrons. The number of carbonyl (C=O) groups excluding carboxylic acids is 1. The molecule has 2 rings (SSSR count). The van der Waals surface area contributed by atoms with Crippen LogP contribution in [-0.2, 0) is 0 Å². The van der Waals surface area contributed by atoms with Crippen molar-refractivity contribution in [3.8, 4) is 0 Å². The molecule has 0 spiro atoms. The van der Waals surface area contributed by atoms with E-state index in [4.69, 9.17) is 11.6 Å². The van der Waals surface area contributed by atoms with Crippen LogP contribution in [0.2, 0.25) is 5.02 Å². The first-order valence-corrected chi connectivity index (χ1v) is 8.11. The van der Waals surface area contributed by atoms with Crippen LogP contribution < -0.4 is 10.6 Å². The van der Waals surface area contributed by atoms with Gasteiger partial charge in [-0.2, -0.15) is 0 Å². The van der Waals surface area contributed by atoms with Crippen LogP contribution in [0.4, 0.5) is 11.4 Å². The quantitative estimate of drug-likeness (QED) is 0.815. The van der Waals surface area contributed by atoms with Gasteiger partial charge < -0.3 is 10.6 Å². The number of aryl methyl sites for hydroxylation is 1. The molecule has 23 heavy (non-hydrogen) atoms. The zero-order valence-corrected chi connectivity index (χ0v) is 14.4. The number of aromatic nitrogens is 1. The summed E-state index contributed by atoms with van der Waals surface area (Å²) in [5, 5.41) is 6.84. The highest BCUT2D eigenvalue weighted by Gasteiger charge is 2.08. The molecule has 2 N–H and O–H groups in total. The molecule has 2 aromatic rings. The number of nitrogens with zero attached hydrogens (tertiary/aromatic N) is 1. The highest BCUT2D eigenvalue weighted by molar-refractivity contribution is 6.30. The Labute approximate surface area is 142 Å². The Morgan fingerprint density at radius 3 is 2.78 bits per heavy atom. The molecule has 0 aliphatic rings. The summed E-state index contributed by atoms with van der Waals surface area (Å²) in [5.74, 6) is 0.402. The van der Waals surface area contributed by atoms with E-state index in [2.05, 4.69) is 29.5 Å². The summed E-state index contributed by atoms with van der Waals surface area (Å²) < 4.78 is 0. The van der Waals surface area contributed by atoms with Crippen LogP contribution in [0.3, 0.4) is 0 Å². The Hall–Kier alpha value is -2.07. The standard InChI is InChI=1S/C18H22ClN3O/c1-12(2)6-8-21-18(23)17-11-15(7-9-20-17)22-16-10-14(19)5-4-13(16)3/h4-5,7,9-12H,6,8H2,1-3H3,(H,20,22)(H,21,23). The number of amides is 1. The van der Waals surface area contributed by atoms with E-state index in [0.717, 1.165) is 23.4 Å². The van der Waals surface area contributed by atoms with Gasteiger partial charge in [-0.25, -0.2) is 0 Å². The fourth-order valence-corrected chi connectivity index (χ4v) is 2.25. The maximum atomic E-state index is 12.1. The summed E-state index contributed by atoms with van der Waals surface area (Å²) in [6, 6.07) is 9.23. The third kappa shape index (κ3) is 5.25. The Bertz CT molecular complexity index is 686. The highest BCUT2D eigenvalue weighted by Crippen LogP contribution is 2.24. The molecule has 5 heteroatoms. The molecule has 1 aromatic heterocycles. The van der Waals surface area contributed by atoms with E-state index in [1.54, 1.807) is 12.3 Å². The van der Waals surface area contributed by atoms with Crippen molar-refractivity contribution in [2.45, 2.75) is 27.2 Å². The van der Waals surface area contributed by atoms with Crippen LogP contribution in [0.15, 0.2) is 36.5 Å². The molecular weight excluding hydrogens is 310 g/mol. The van der Waals surface area contributed by atoms with Gasteiger partial charge in [-0.15, -0.1) is 0 Å². The number of anilines is 2. The maximum Gasteiger partial charge on any atom is 0.269 e. The van der Waals surface area contributed by atoms with Gasteiger partial charge in [0.2, 0.25) is 0 Å². The molecule has 0 aliphatic heterocycles. The minimum atomic E-state index is -0.155. The lowest BCUT2D eigenvalue weighted by atomic mass is 10.1. The predicted octanol–water partition coefficient (Wildman–Crippen LogP) is 4.56. The van der Waals surface area contributed by atoms with Crippen LogP contribution in [0.25, 0.3) is 0 Å². The number of halogens is 1. The first-order valence-electron chi connectivity index (χ1n) is 7.73. The number of hydrogen-bond acceptors (Lipinski definition) is 3. The first kappa shape index (κ1) is 17.3. The molecule has 0 saturated heterocycles. The topological polar surface area (TPSA) is 54.0 Å². The lowest BCUT2D eigenvalue weighted by Gasteiger charge is -2.11. The van der Waals surface area contributed by atoms with Gasteiger partial charge in [0, 0.05) is 29.1 Å². The fraction of sp³-hybridized carbons (Fsp3) is 0.333. The van der Waals surface area contributed by atoms with Gasteiger partial charge >= 0.3 is 0 Å². The van der Waals surface area contributed by atoms with Crippen molar-refractivity contribution in [1.82, 2.24) is 10.3 Å². The number of benzene rings is 1. The van der Waals surface area contributed by atoms with Crippen molar-refractivity contribution >= 4 is 28.9 Å². The monoisotopic (exact) mass is 331 g/mol. The average molecular weight is 332 g/mol. The molecule has 0 atom stereocenters. The molecule has 4 nitrogen and oxygen atoms in total. The average Bonchev–Trinajstić information content (AvgIpc) is 2.51. The number of rotatable bonds is 6. The molecule has 1 amide bonds.